The molecule has 1 aromatic heterocycles. The summed E-state index contributed by atoms with van der Waals surface area (Å²) in [6.07, 6.45) is 0.174. The third-order valence-electron chi connectivity index (χ3n) is 3.21. The smallest absolute Gasteiger partial charge is 0.251 e. The van der Waals surface area contributed by atoms with Crippen LogP contribution in [0.5, 0.6) is 0 Å². The van der Waals surface area contributed by atoms with E-state index in [0.717, 1.165) is 16.9 Å². The molecule has 106 valence electrons. The number of nitrogens with one attached hydrogen (secondary N) is 2. The van der Waals surface area contributed by atoms with Gasteiger partial charge in [0.25, 0.3) is 5.91 Å². The summed E-state index contributed by atoms with van der Waals surface area (Å²) in [6, 6.07) is 7.86. The predicted molar refractivity (Wildman–Crippen MR) is 73.4 cm³/mol. The highest BCUT2D eigenvalue weighted by Crippen LogP contribution is 2.10. The van der Waals surface area contributed by atoms with Gasteiger partial charge < -0.3 is 19.8 Å². The van der Waals surface area contributed by atoms with Gasteiger partial charge in [-0.1, -0.05) is 12.1 Å². The molecule has 6 heteroatoms. The van der Waals surface area contributed by atoms with Crippen LogP contribution in [0.2, 0.25) is 0 Å². The van der Waals surface area contributed by atoms with Crippen molar-refractivity contribution in [2.24, 2.45) is 0 Å². The summed E-state index contributed by atoms with van der Waals surface area (Å²) in [4.78, 5) is 19.5. The van der Waals surface area contributed by atoms with Gasteiger partial charge in [-0.2, -0.15) is 0 Å². The first-order chi connectivity index (χ1) is 9.83. The molecular formula is C14H17N3O3. The van der Waals surface area contributed by atoms with E-state index < -0.39 is 6.10 Å². The number of nitrogens with zero attached hydrogens (tertiary/aromatic N) is 1. The highest BCUT2D eigenvalue weighted by molar-refractivity contribution is 5.81. The molecule has 0 saturated carbocycles. The summed E-state index contributed by atoms with van der Waals surface area (Å²) in [6.45, 7) is 1.89. The van der Waals surface area contributed by atoms with Crippen molar-refractivity contribution in [3.63, 3.8) is 0 Å². The lowest BCUT2D eigenvalue weighted by Crippen LogP contribution is -2.43. The van der Waals surface area contributed by atoms with Crippen molar-refractivity contribution in [2.75, 3.05) is 26.4 Å². The van der Waals surface area contributed by atoms with Crippen LogP contribution in [0.15, 0.2) is 24.3 Å². The number of fused-ring (bicyclic) bond motifs is 1. The quantitative estimate of drug-likeness (QED) is 0.858. The van der Waals surface area contributed by atoms with Gasteiger partial charge in [0.2, 0.25) is 0 Å². The molecule has 6 nitrogen and oxygen atoms in total. The molecule has 1 saturated heterocycles. The van der Waals surface area contributed by atoms with Gasteiger partial charge in [0.05, 0.1) is 30.9 Å². The third kappa shape index (κ3) is 2.97. The van der Waals surface area contributed by atoms with Crippen molar-refractivity contribution in [1.82, 2.24) is 15.3 Å². The molecule has 1 amide bonds. The molecule has 1 aliphatic rings. The van der Waals surface area contributed by atoms with Crippen LogP contribution in [0.3, 0.4) is 0 Å². The average Bonchev–Trinajstić information content (AvgIpc) is 2.90. The maximum absolute atomic E-state index is 11.8. The van der Waals surface area contributed by atoms with E-state index in [1.54, 1.807) is 0 Å². The maximum atomic E-state index is 11.8. The fourth-order valence-electron chi connectivity index (χ4n) is 2.18. The van der Waals surface area contributed by atoms with E-state index in [0.29, 0.717) is 32.8 Å². The van der Waals surface area contributed by atoms with Crippen molar-refractivity contribution in [3.05, 3.63) is 30.1 Å². The number of aromatic amines is 1. The number of carbonyl (C=O) groups excluding carboxylic acids is 1. The molecule has 2 N–H and O–H groups in total. The standard InChI is InChI=1S/C14H17N3O3/c18-14(12-9-19-7-8-20-12)15-6-5-13-16-10-3-1-2-4-11(10)17-13/h1-4,12H,5-9H2,(H,15,18)(H,16,17). The zero-order chi connectivity index (χ0) is 13.8. The molecule has 1 atom stereocenters. The number of ether oxygens (including phenoxy) is 2. The number of carbonyl (C=O) groups is 1. The topological polar surface area (TPSA) is 76.2 Å². The number of rotatable bonds is 4. The van der Waals surface area contributed by atoms with E-state index in [4.69, 9.17) is 9.47 Å². The Hall–Kier alpha value is -1.92. The highest BCUT2D eigenvalue weighted by atomic mass is 16.6. The normalized spacial score (nSPS) is 19.1. The maximum Gasteiger partial charge on any atom is 0.251 e. The molecule has 1 aliphatic heterocycles. The second-order valence-electron chi connectivity index (χ2n) is 4.68. The Kier molecular flexibility index (Phi) is 3.94. The van der Waals surface area contributed by atoms with Gasteiger partial charge in [0.15, 0.2) is 6.10 Å². The predicted octanol–water partition coefficient (Wildman–Crippen LogP) is 0.637. The Morgan fingerprint density at radius 3 is 3.10 bits per heavy atom. The monoisotopic (exact) mass is 275 g/mol. The van der Waals surface area contributed by atoms with E-state index in [9.17, 15) is 4.79 Å². The Bertz CT molecular complexity index is 557. The van der Waals surface area contributed by atoms with Crippen LogP contribution in [0.25, 0.3) is 11.0 Å². The van der Waals surface area contributed by atoms with Crippen molar-refractivity contribution in [2.45, 2.75) is 12.5 Å². The fourth-order valence-corrected chi connectivity index (χ4v) is 2.18. The largest absolute Gasteiger partial charge is 0.376 e. The summed E-state index contributed by atoms with van der Waals surface area (Å²) in [5.41, 5.74) is 1.95. The lowest BCUT2D eigenvalue weighted by atomic mass is 10.3. The third-order valence-corrected chi connectivity index (χ3v) is 3.21. The molecule has 0 spiro atoms. The second-order valence-corrected chi connectivity index (χ2v) is 4.68. The summed E-state index contributed by atoms with van der Waals surface area (Å²) < 4.78 is 10.5. The molecular weight excluding hydrogens is 258 g/mol. The van der Waals surface area contributed by atoms with Gasteiger partial charge in [-0.05, 0) is 12.1 Å². The number of para-hydroxylation sites is 2. The zero-order valence-electron chi connectivity index (χ0n) is 11.1. The van der Waals surface area contributed by atoms with Gasteiger partial charge in [-0.15, -0.1) is 0 Å². The number of amides is 1. The SMILES string of the molecule is O=C(NCCc1nc2ccccc2[nH]1)C1COCCO1. The van der Waals surface area contributed by atoms with Crippen LogP contribution < -0.4 is 5.32 Å². The minimum Gasteiger partial charge on any atom is -0.376 e. The first-order valence-electron chi connectivity index (χ1n) is 6.73. The summed E-state index contributed by atoms with van der Waals surface area (Å²) in [7, 11) is 0. The van der Waals surface area contributed by atoms with Gasteiger partial charge in [0.1, 0.15) is 5.82 Å². The van der Waals surface area contributed by atoms with Crippen molar-refractivity contribution in [1.29, 1.82) is 0 Å². The van der Waals surface area contributed by atoms with E-state index >= 15 is 0 Å². The Balaban J connectivity index is 1.50. The number of hydrogen-bond acceptors (Lipinski definition) is 4. The van der Waals surface area contributed by atoms with E-state index in [2.05, 4.69) is 15.3 Å². The first kappa shape index (κ1) is 13.1. The number of aromatic nitrogens is 2. The molecule has 1 unspecified atom stereocenters. The fraction of sp³-hybridized carbons (Fsp3) is 0.429. The Labute approximate surface area is 116 Å². The van der Waals surface area contributed by atoms with Gasteiger partial charge >= 0.3 is 0 Å². The average molecular weight is 275 g/mol. The number of H-pyrrole nitrogens is 1. The van der Waals surface area contributed by atoms with Crippen molar-refractivity contribution >= 4 is 16.9 Å². The molecule has 20 heavy (non-hydrogen) atoms. The van der Waals surface area contributed by atoms with Crippen LogP contribution in [0.1, 0.15) is 5.82 Å². The summed E-state index contributed by atoms with van der Waals surface area (Å²) in [5, 5.41) is 2.84. The van der Waals surface area contributed by atoms with Crippen LogP contribution in [-0.2, 0) is 20.7 Å². The molecule has 0 radical (unpaired) electrons. The second kappa shape index (κ2) is 6.02. The van der Waals surface area contributed by atoms with E-state index in [1.807, 2.05) is 24.3 Å². The van der Waals surface area contributed by atoms with E-state index in [-0.39, 0.29) is 5.91 Å². The van der Waals surface area contributed by atoms with E-state index in [1.165, 1.54) is 0 Å². The minimum atomic E-state index is -0.487. The van der Waals surface area contributed by atoms with Crippen molar-refractivity contribution < 1.29 is 14.3 Å². The molecule has 2 aromatic rings. The number of imidazole rings is 1. The lowest BCUT2D eigenvalue weighted by molar-refractivity contribution is -0.147. The van der Waals surface area contributed by atoms with Crippen LogP contribution in [0.4, 0.5) is 0 Å². The summed E-state index contributed by atoms with van der Waals surface area (Å²) in [5.74, 6) is 0.744. The van der Waals surface area contributed by atoms with Crippen LogP contribution >= 0.6 is 0 Å². The number of benzene rings is 1. The molecule has 2 heterocycles. The number of hydrogen-bond donors (Lipinski definition) is 2. The summed E-state index contributed by atoms with van der Waals surface area (Å²) >= 11 is 0. The molecule has 0 aliphatic carbocycles. The highest BCUT2D eigenvalue weighted by Gasteiger charge is 2.22. The van der Waals surface area contributed by atoms with Gasteiger partial charge in [-0.25, -0.2) is 4.98 Å². The molecule has 0 bridgehead atoms. The molecule has 1 fully saturated rings. The minimum absolute atomic E-state index is 0.124. The Morgan fingerprint density at radius 2 is 2.30 bits per heavy atom. The van der Waals surface area contributed by atoms with Crippen LogP contribution in [-0.4, -0.2) is 48.3 Å². The zero-order valence-corrected chi connectivity index (χ0v) is 11.1. The molecule has 3 rings (SSSR count). The molecule has 1 aromatic carbocycles. The first-order valence-corrected chi connectivity index (χ1v) is 6.73. The van der Waals surface area contributed by atoms with Crippen LogP contribution in [0, 0.1) is 0 Å². The van der Waals surface area contributed by atoms with Gasteiger partial charge in [-0.3, -0.25) is 4.79 Å². The Morgan fingerprint density at radius 1 is 1.40 bits per heavy atom. The lowest BCUT2D eigenvalue weighted by Gasteiger charge is -2.21. The van der Waals surface area contributed by atoms with Gasteiger partial charge in [0, 0.05) is 13.0 Å². The van der Waals surface area contributed by atoms with Crippen molar-refractivity contribution in [3.8, 4) is 0 Å².